The SMILES string of the molecule is CCOC(=O)N1CCC(NC(N)=NCc2ncccc2F)CC1. The largest absolute Gasteiger partial charge is 0.450 e. The Labute approximate surface area is 134 Å². The molecule has 1 aliphatic rings. The van der Waals surface area contributed by atoms with Crippen LogP contribution in [-0.2, 0) is 11.3 Å². The lowest BCUT2D eigenvalue weighted by Crippen LogP contribution is -2.48. The molecule has 126 valence electrons. The maximum atomic E-state index is 13.4. The molecule has 0 radical (unpaired) electrons. The van der Waals surface area contributed by atoms with E-state index in [0.717, 1.165) is 12.8 Å². The molecule has 0 unspecified atom stereocenters. The molecule has 23 heavy (non-hydrogen) atoms. The number of nitrogens with zero attached hydrogens (tertiary/aromatic N) is 3. The van der Waals surface area contributed by atoms with Gasteiger partial charge in [-0.1, -0.05) is 0 Å². The third-order valence-corrected chi connectivity index (χ3v) is 3.61. The molecule has 8 heteroatoms. The number of hydrogen-bond acceptors (Lipinski definition) is 4. The minimum atomic E-state index is -0.396. The quantitative estimate of drug-likeness (QED) is 0.642. The summed E-state index contributed by atoms with van der Waals surface area (Å²) in [6.07, 6.45) is 2.75. The van der Waals surface area contributed by atoms with Gasteiger partial charge in [-0.2, -0.15) is 0 Å². The second-order valence-corrected chi connectivity index (χ2v) is 5.24. The number of guanidine groups is 1. The lowest BCUT2D eigenvalue weighted by Gasteiger charge is -2.31. The van der Waals surface area contributed by atoms with Gasteiger partial charge >= 0.3 is 6.09 Å². The van der Waals surface area contributed by atoms with E-state index in [1.54, 1.807) is 11.8 Å². The van der Waals surface area contributed by atoms with E-state index >= 15 is 0 Å². The average molecular weight is 323 g/mol. The van der Waals surface area contributed by atoms with Crippen molar-refractivity contribution in [2.24, 2.45) is 10.7 Å². The van der Waals surface area contributed by atoms with Gasteiger partial charge in [-0.05, 0) is 31.9 Å². The summed E-state index contributed by atoms with van der Waals surface area (Å²) in [6, 6.07) is 3.01. The van der Waals surface area contributed by atoms with Crippen molar-refractivity contribution in [1.29, 1.82) is 0 Å². The Kier molecular flexibility index (Phi) is 6.13. The number of pyridine rings is 1. The summed E-state index contributed by atoms with van der Waals surface area (Å²) in [5, 5.41) is 3.10. The number of carbonyl (C=O) groups excluding carboxylic acids is 1. The minimum absolute atomic E-state index is 0.0905. The van der Waals surface area contributed by atoms with Crippen molar-refractivity contribution in [1.82, 2.24) is 15.2 Å². The van der Waals surface area contributed by atoms with Gasteiger partial charge in [0.15, 0.2) is 5.96 Å². The van der Waals surface area contributed by atoms with Crippen LogP contribution in [0.5, 0.6) is 0 Å². The number of hydrogen-bond donors (Lipinski definition) is 2. The molecule has 0 saturated carbocycles. The number of ether oxygens (including phenoxy) is 1. The van der Waals surface area contributed by atoms with Crippen LogP contribution in [0.1, 0.15) is 25.5 Å². The van der Waals surface area contributed by atoms with E-state index in [0.29, 0.717) is 19.7 Å². The first kappa shape index (κ1) is 17.0. The number of amides is 1. The Hall–Kier alpha value is -2.38. The molecule has 1 amide bonds. The zero-order valence-electron chi connectivity index (χ0n) is 13.2. The maximum Gasteiger partial charge on any atom is 0.409 e. The fourth-order valence-corrected chi connectivity index (χ4v) is 2.37. The van der Waals surface area contributed by atoms with E-state index in [1.165, 1.54) is 18.3 Å². The zero-order valence-corrected chi connectivity index (χ0v) is 13.2. The van der Waals surface area contributed by atoms with Crippen LogP contribution in [0.3, 0.4) is 0 Å². The number of nitrogens with one attached hydrogen (secondary N) is 1. The van der Waals surface area contributed by atoms with Crippen LogP contribution < -0.4 is 11.1 Å². The molecule has 7 nitrogen and oxygen atoms in total. The van der Waals surface area contributed by atoms with Crippen LogP contribution >= 0.6 is 0 Å². The molecule has 1 aromatic rings. The van der Waals surface area contributed by atoms with Crippen molar-refractivity contribution in [2.45, 2.75) is 32.4 Å². The van der Waals surface area contributed by atoms with Crippen LogP contribution in [-0.4, -0.2) is 47.7 Å². The van der Waals surface area contributed by atoms with Crippen LogP contribution in [0, 0.1) is 5.82 Å². The summed E-state index contributed by atoms with van der Waals surface area (Å²) in [5.74, 6) is -0.142. The van der Waals surface area contributed by atoms with Crippen molar-refractivity contribution < 1.29 is 13.9 Å². The first-order chi connectivity index (χ1) is 11.1. The molecule has 1 aromatic heterocycles. The molecular weight excluding hydrogens is 301 g/mol. The highest BCUT2D eigenvalue weighted by atomic mass is 19.1. The molecule has 1 saturated heterocycles. The Bertz CT molecular complexity index is 559. The molecule has 0 spiro atoms. The van der Waals surface area contributed by atoms with Crippen LogP contribution in [0.15, 0.2) is 23.3 Å². The smallest absolute Gasteiger partial charge is 0.409 e. The fourth-order valence-electron chi connectivity index (χ4n) is 2.37. The Morgan fingerprint density at radius 3 is 2.96 bits per heavy atom. The van der Waals surface area contributed by atoms with Gasteiger partial charge in [0.05, 0.1) is 18.8 Å². The Morgan fingerprint density at radius 2 is 2.30 bits per heavy atom. The van der Waals surface area contributed by atoms with Crippen LogP contribution in [0.4, 0.5) is 9.18 Å². The standard InChI is InChI=1S/C15H22FN5O2/c1-2-23-15(22)21-8-5-11(6-9-21)20-14(17)19-10-13-12(16)4-3-7-18-13/h3-4,7,11H,2,5-6,8-10H2,1H3,(H3,17,19,20). The summed E-state index contributed by atoms with van der Waals surface area (Å²) in [6.45, 7) is 3.47. The summed E-state index contributed by atoms with van der Waals surface area (Å²) in [4.78, 5) is 21.3. The van der Waals surface area contributed by atoms with E-state index in [9.17, 15) is 9.18 Å². The summed E-state index contributed by atoms with van der Waals surface area (Å²) < 4.78 is 18.4. The van der Waals surface area contributed by atoms with Crippen molar-refractivity contribution in [3.63, 3.8) is 0 Å². The molecule has 0 aliphatic carbocycles. The van der Waals surface area contributed by atoms with Gasteiger partial charge in [0, 0.05) is 25.3 Å². The highest BCUT2D eigenvalue weighted by molar-refractivity contribution is 5.78. The molecule has 1 aliphatic heterocycles. The molecule has 2 heterocycles. The van der Waals surface area contributed by atoms with Crippen molar-refractivity contribution in [3.8, 4) is 0 Å². The van der Waals surface area contributed by atoms with Crippen LogP contribution in [0.2, 0.25) is 0 Å². The molecule has 1 fully saturated rings. The second-order valence-electron chi connectivity index (χ2n) is 5.24. The first-order valence-electron chi connectivity index (χ1n) is 7.67. The third kappa shape index (κ3) is 5.08. The topological polar surface area (TPSA) is 92.8 Å². The first-order valence-corrected chi connectivity index (χ1v) is 7.67. The lowest BCUT2D eigenvalue weighted by molar-refractivity contribution is 0.0963. The number of likely N-dealkylation sites (tertiary alicyclic amines) is 1. The predicted octanol–water partition coefficient (Wildman–Crippen LogP) is 1.25. The lowest BCUT2D eigenvalue weighted by atomic mass is 10.1. The summed E-state index contributed by atoms with van der Waals surface area (Å²) in [7, 11) is 0. The highest BCUT2D eigenvalue weighted by Gasteiger charge is 2.23. The van der Waals surface area contributed by atoms with Crippen molar-refractivity contribution in [2.75, 3.05) is 19.7 Å². The number of aromatic nitrogens is 1. The molecule has 2 rings (SSSR count). The van der Waals surface area contributed by atoms with Gasteiger partial charge in [0.25, 0.3) is 0 Å². The van der Waals surface area contributed by atoms with E-state index in [2.05, 4.69) is 15.3 Å². The molecule has 0 aromatic carbocycles. The number of aliphatic imine (C=N–C) groups is 1. The average Bonchev–Trinajstić information content (AvgIpc) is 2.55. The second kappa shape index (κ2) is 8.30. The molecular formula is C15H22FN5O2. The van der Waals surface area contributed by atoms with Crippen molar-refractivity contribution >= 4 is 12.1 Å². The third-order valence-electron chi connectivity index (χ3n) is 3.61. The van der Waals surface area contributed by atoms with Gasteiger partial charge < -0.3 is 20.7 Å². The van der Waals surface area contributed by atoms with E-state index in [-0.39, 0.29) is 30.3 Å². The van der Waals surface area contributed by atoms with Gasteiger partial charge in [-0.15, -0.1) is 0 Å². The van der Waals surface area contributed by atoms with Crippen LogP contribution in [0.25, 0.3) is 0 Å². The van der Waals surface area contributed by atoms with E-state index < -0.39 is 5.82 Å². The number of piperidine rings is 1. The number of carbonyl (C=O) groups is 1. The Balaban J connectivity index is 1.78. The fraction of sp³-hybridized carbons (Fsp3) is 0.533. The van der Waals surface area contributed by atoms with Crippen molar-refractivity contribution in [3.05, 3.63) is 29.8 Å². The van der Waals surface area contributed by atoms with Gasteiger partial charge in [-0.25, -0.2) is 14.2 Å². The zero-order chi connectivity index (χ0) is 16.7. The summed E-state index contributed by atoms with van der Waals surface area (Å²) >= 11 is 0. The van der Waals surface area contributed by atoms with Gasteiger partial charge in [-0.3, -0.25) is 4.98 Å². The normalized spacial score (nSPS) is 16.3. The number of rotatable bonds is 4. The van der Waals surface area contributed by atoms with Gasteiger partial charge in [0.1, 0.15) is 5.82 Å². The van der Waals surface area contributed by atoms with E-state index in [4.69, 9.17) is 10.5 Å². The summed E-state index contributed by atoms with van der Waals surface area (Å²) in [5.41, 5.74) is 6.09. The number of halogens is 1. The maximum absolute atomic E-state index is 13.4. The molecule has 0 atom stereocenters. The minimum Gasteiger partial charge on any atom is -0.450 e. The monoisotopic (exact) mass is 323 g/mol. The van der Waals surface area contributed by atoms with E-state index in [1.807, 2.05) is 0 Å². The predicted molar refractivity (Wildman–Crippen MR) is 84.3 cm³/mol. The number of nitrogens with two attached hydrogens (primary N) is 1. The van der Waals surface area contributed by atoms with Gasteiger partial charge in [0.2, 0.25) is 0 Å². The molecule has 0 bridgehead atoms. The molecule has 3 N–H and O–H groups in total. The highest BCUT2D eigenvalue weighted by Crippen LogP contribution is 2.11. The Morgan fingerprint density at radius 1 is 1.57 bits per heavy atom.